The van der Waals surface area contributed by atoms with Crippen LogP contribution in [0.15, 0.2) is 18.2 Å². The maximum Gasteiger partial charge on any atom is 0.234 e. The molecule has 0 bridgehead atoms. The number of carbonyl (C=O) groups excluding carboxylic acids is 1. The molecule has 0 aliphatic carbocycles. The lowest BCUT2D eigenvalue weighted by molar-refractivity contribution is -0.120. The van der Waals surface area contributed by atoms with Crippen LogP contribution in [-0.4, -0.2) is 45.9 Å². The Morgan fingerprint density at radius 2 is 1.76 bits per heavy atom. The van der Waals surface area contributed by atoms with E-state index in [9.17, 15) is 4.79 Å². The standard InChI is InChI=1S/C15H24N2O3.ClH/c1-12-8-13(2)10-14(9-12)20-7-5-17-15(18)11-16-4-6-19-3;/h8-10,16H,4-7,11H2,1-3H3,(H,17,18);1H. The topological polar surface area (TPSA) is 59.6 Å². The lowest BCUT2D eigenvalue weighted by atomic mass is 10.1. The van der Waals surface area contributed by atoms with Crippen molar-refractivity contribution in [3.63, 3.8) is 0 Å². The molecule has 2 N–H and O–H groups in total. The Morgan fingerprint density at radius 3 is 2.38 bits per heavy atom. The van der Waals surface area contributed by atoms with Gasteiger partial charge in [0, 0.05) is 13.7 Å². The number of hydrogen-bond donors (Lipinski definition) is 2. The fourth-order valence-electron chi connectivity index (χ4n) is 1.81. The van der Waals surface area contributed by atoms with E-state index in [1.807, 2.05) is 26.0 Å². The molecule has 6 heteroatoms. The van der Waals surface area contributed by atoms with Gasteiger partial charge in [0.15, 0.2) is 0 Å². The average Bonchev–Trinajstić information content (AvgIpc) is 2.39. The number of aryl methyl sites for hydroxylation is 2. The van der Waals surface area contributed by atoms with E-state index in [0.29, 0.717) is 32.8 Å². The van der Waals surface area contributed by atoms with E-state index in [2.05, 4.69) is 16.7 Å². The molecule has 0 atom stereocenters. The number of nitrogens with one attached hydrogen (secondary N) is 2. The van der Waals surface area contributed by atoms with Gasteiger partial charge in [-0.15, -0.1) is 12.4 Å². The van der Waals surface area contributed by atoms with Crippen LogP contribution >= 0.6 is 12.4 Å². The minimum absolute atomic E-state index is 0. The van der Waals surface area contributed by atoms with Gasteiger partial charge in [0.05, 0.1) is 19.7 Å². The molecule has 0 aromatic heterocycles. The molecule has 1 amide bonds. The third-order valence-electron chi connectivity index (χ3n) is 2.66. The Morgan fingerprint density at radius 1 is 1.10 bits per heavy atom. The van der Waals surface area contributed by atoms with Crippen molar-refractivity contribution >= 4 is 18.3 Å². The summed E-state index contributed by atoms with van der Waals surface area (Å²) in [5.74, 6) is 0.806. The number of rotatable bonds is 9. The summed E-state index contributed by atoms with van der Waals surface area (Å²) in [5.41, 5.74) is 2.35. The molecule has 120 valence electrons. The van der Waals surface area contributed by atoms with Gasteiger partial charge in [-0.2, -0.15) is 0 Å². The van der Waals surface area contributed by atoms with Crippen LogP contribution in [0.1, 0.15) is 11.1 Å². The highest BCUT2D eigenvalue weighted by Gasteiger charge is 2.00. The third-order valence-corrected chi connectivity index (χ3v) is 2.66. The van der Waals surface area contributed by atoms with Crippen LogP contribution in [0.3, 0.4) is 0 Å². The van der Waals surface area contributed by atoms with Crippen LogP contribution < -0.4 is 15.4 Å². The zero-order valence-electron chi connectivity index (χ0n) is 12.9. The molecular weight excluding hydrogens is 292 g/mol. The van der Waals surface area contributed by atoms with Crippen LogP contribution in [0.25, 0.3) is 0 Å². The maximum atomic E-state index is 11.5. The van der Waals surface area contributed by atoms with Crippen LogP contribution in [0.2, 0.25) is 0 Å². The van der Waals surface area contributed by atoms with E-state index in [1.165, 1.54) is 11.1 Å². The number of methoxy groups -OCH3 is 1. The predicted octanol–water partition coefficient (Wildman–Crippen LogP) is 1.46. The van der Waals surface area contributed by atoms with E-state index in [4.69, 9.17) is 9.47 Å². The highest BCUT2D eigenvalue weighted by Crippen LogP contribution is 2.15. The Hall–Kier alpha value is -1.30. The molecule has 5 nitrogen and oxygen atoms in total. The third kappa shape index (κ3) is 9.28. The number of halogens is 1. The summed E-state index contributed by atoms with van der Waals surface area (Å²) in [6.07, 6.45) is 0. The van der Waals surface area contributed by atoms with Crippen molar-refractivity contribution in [1.29, 1.82) is 0 Å². The zero-order valence-corrected chi connectivity index (χ0v) is 13.7. The monoisotopic (exact) mass is 316 g/mol. The molecule has 1 aromatic rings. The van der Waals surface area contributed by atoms with Crippen molar-refractivity contribution in [3.8, 4) is 5.75 Å². The first-order valence-electron chi connectivity index (χ1n) is 6.79. The molecule has 1 aromatic carbocycles. The molecule has 0 saturated heterocycles. The first kappa shape index (κ1) is 19.7. The van der Waals surface area contributed by atoms with Crippen molar-refractivity contribution in [3.05, 3.63) is 29.3 Å². The fourth-order valence-corrected chi connectivity index (χ4v) is 1.81. The summed E-state index contributed by atoms with van der Waals surface area (Å²) in [6.45, 7) is 6.60. The van der Waals surface area contributed by atoms with Crippen molar-refractivity contribution in [1.82, 2.24) is 10.6 Å². The van der Waals surface area contributed by atoms with E-state index in [1.54, 1.807) is 7.11 Å². The first-order chi connectivity index (χ1) is 9.61. The summed E-state index contributed by atoms with van der Waals surface area (Å²) in [6, 6.07) is 6.07. The lowest BCUT2D eigenvalue weighted by Gasteiger charge is -2.09. The van der Waals surface area contributed by atoms with Crippen molar-refractivity contribution < 1.29 is 14.3 Å². The highest BCUT2D eigenvalue weighted by atomic mass is 35.5. The second kappa shape index (κ2) is 11.4. The minimum Gasteiger partial charge on any atom is -0.492 e. The van der Waals surface area contributed by atoms with Crippen molar-refractivity contribution in [2.75, 3.05) is 40.0 Å². The van der Waals surface area contributed by atoms with Crippen LogP contribution in [0.4, 0.5) is 0 Å². The van der Waals surface area contributed by atoms with Gasteiger partial charge in [-0.3, -0.25) is 4.79 Å². The van der Waals surface area contributed by atoms with E-state index in [0.717, 1.165) is 5.75 Å². The molecule has 21 heavy (non-hydrogen) atoms. The number of ether oxygens (including phenoxy) is 2. The van der Waals surface area contributed by atoms with E-state index >= 15 is 0 Å². The van der Waals surface area contributed by atoms with Crippen molar-refractivity contribution in [2.24, 2.45) is 0 Å². The van der Waals surface area contributed by atoms with Gasteiger partial charge in [-0.05, 0) is 37.1 Å². The summed E-state index contributed by atoms with van der Waals surface area (Å²) >= 11 is 0. The summed E-state index contributed by atoms with van der Waals surface area (Å²) in [5, 5.41) is 5.77. The molecule has 0 unspecified atom stereocenters. The van der Waals surface area contributed by atoms with Crippen LogP contribution in [0, 0.1) is 13.8 Å². The van der Waals surface area contributed by atoms with Gasteiger partial charge in [-0.25, -0.2) is 0 Å². The van der Waals surface area contributed by atoms with Crippen LogP contribution in [-0.2, 0) is 9.53 Å². The average molecular weight is 317 g/mol. The Bertz CT molecular complexity index is 407. The molecule has 0 spiro atoms. The van der Waals surface area contributed by atoms with E-state index < -0.39 is 0 Å². The first-order valence-corrected chi connectivity index (χ1v) is 6.79. The Labute approximate surface area is 132 Å². The summed E-state index contributed by atoms with van der Waals surface area (Å²) in [7, 11) is 1.63. The van der Waals surface area contributed by atoms with Gasteiger partial charge in [0.2, 0.25) is 5.91 Å². The maximum absolute atomic E-state index is 11.5. The SMILES string of the molecule is COCCNCC(=O)NCCOc1cc(C)cc(C)c1.Cl. The Balaban J connectivity index is 0.00000400. The molecule has 0 radical (unpaired) electrons. The minimum atomic E-state index is -0.0369. The predicted molar refractivity (Wildman–Crippen MR) is 86.4 cm³/mol. The van der Waals surface area contributed by atoms with Crippen molar-refractivity contribution in [2.45, 2.75) is 13.8 Å². The summed E-state index contributed by atoms with van der Waals surface area (Å²) < 4.78 is 10.5. The van der Waals surface area contributed by atoms with Gasteiger partial charge < -0.3 is 20.1 Å². The summed E-state index contributed by atoms with van der Waals surface area (Å²) in [4.78, 5) is 11.5. The second-order valence-electron chi connectivity index (χ2n) is 4.69. The number of carbonyl (C=O) groups is 1. The second-order valence-corrected chi connectivity index (χ2v) is 4.69. The molecular formula is C15H25ClN2O3. The number of hydrogen-bond acceptors (Lipinski definition) is 4. The largest absolute Gasteiger partial charge is 0.492 e. The zero-order chi connectivity index (χ0) is 14.8. The van der Waals surface area contributed by atoms with Gasteiger partial charge in [-0.1, -0.05) is 6.07 Å². The molecule has 0 heterocycles. The van der Waals surface area contributed by atoms with Gasteiger partial charge >= 0.3 is 0 Å². The normalized spacial score (nSPS) is 9.86. The quantitative estimate of drug-likeness (QED) is 0.677. The molecule has 0 fully saturated rings. The lowest BCUT2D eigenvalue weighted by Crippen LogP contribution is -2.37. The molecule has 0 saturated carbocycles. The molecule has 0 aliphatic heterocycles. The highest BCUT2D eigenvalue weighted by molar-refractivity contribution is 5.85. The van der Waals surface area contributed by atoms with Crippen LogP contribution in [0.5, 0.6) is 5.75 Å². The smallest absolute Gasteiger partial charge is 0.234 e. The van der Waals surface area contributed by atoms with Gasteiger partial charge in [0.25, 0.3) is 0 Å². The van der Waals surface area contributed by atoms with Gasteiger partial charge in [0.1, 0.15) is 12.4 Å². The molecule has 1 rings (SSSR count). The van der Waals surface area contributed by atoms with E-state index in [-0.39, 0.29) is 18.3 Å². The fraction of sp³-hybridized carbons (Fsp3) is 0.533. The number of benzene rings is 1. The molecule has 0 aliphatic rings. The Kier molecular flexibility index (Phi) is 10.7. The number of amides is 1.